The lowest BCUT2D eigenvalue weighted by molar-refractivity contribution is -0.118. The minimum Gasteiger partial charge on any atom is -0.495 e. The Morgan fingerprint density at radius 1 is 1.12 bits per heavy atom. The number of benzene rings is 2. The van der Waals surface area contributed by atoms with Gasteiger partial charge in [0, 0.05) is 12.3 Å². The highest BCUT2D eigenvalue weighted by Crippen LogP contribution is 2.32. The number of rotatable bonds is 4. The summed E-state index contributed by atoms with van der Waals surface area (Å²) in [5, 5.41) is 6.96. The maximum absolute atomic E-state index is 12.7. The van der Waals surface area contributed by atoms with Gasteiger partial charge in [0.2, 0.25) is 0 Å². The second-order valence-corrected chi connectivity index (χ2v) is 6.79. The summed E-state index contributed by atoms with van der Waals surface area (Å²) in [5.41, 5.74) is 1.81. The zero-order valence-corrected chi connectivity index (χ0v) is 16.2. The van der Waals surface area contributed by atoms with Gasteiger partial charge in [0.05, 0.1) is 39.3 Å². The molecule has 0 bridgehead atoms. The zero-order valence-electron chi connectivity index (χ0n) is 13.9. The first-order chi connectivity index (χ1) is 12.4. The first-order valence-corrected chi connectivity index (χ1v) is 8.76. The van der Waals surface area contributed by atoms with Gasteiger partial charge in [-0.25, -0.2) is 0 Å². The van der Waals surface area contributed by atoms with Gasteiger partial charge in [-0.3, -0.25) is 9.79 Å². The van der Waals surface area contributed by atoms with Crippen molar-refractivity contribution in [2.45, 2.75) is 6.92 Å². The maximum atomic E-state index is 12.7. The molecule has 2 aromatic carbocycles. The average molecular weight is 411 g/mol. The Labute approximate surface area is 165 Å². The predicted octanol–water partition coefficient (Wildman–Crippen LogP) is 5.40. The molecule has 0 saturated carbocycles. The second-order valence-electron chi connectivity index (χ2n) is 5.56. The molecule has 1 atom stereocenters. The van der Waals surface area contributed by atoms with Crippen LogP contribution in [0.15, 0.2) is 46.5 Å². The van der Waals surface area contributed by atoms with E-state index in [0.29, 0.717) is 37.9 Å². The average Bonchev–Trinajstić information content (AvgIpc) is 2.90. The molecule has 0 aliphatic carbocycles. The number of hydrogen-bond donors (Lipinski definition) is 0. The highest BCUT2D eigenvalue weighted by Gasteiger charge is 2.33. The van der Waals surface area contributed by atoms with Crippen molar-refractivity contribution in [3.8, 4) is 5.75 Å². The highest BCUT2D eigenvalue weighted by atomic mass is 35.5. The summed E-state index contributed by atoms with van der Waals surface area (Å²) in [5.74, 6) is -0.306. The number of amides is 1. The number of methoxy groups -OCH3 is 1. The van der Waals surface area contributed by atoms with E-state index in [1.54, 1.807) is 49.5 Å². The molecular weight excluding hydrogens is 397 g/mol. The van der Waals surface area contributed by atoms with Gasteiger partial charge < -0.3 is 4.74 Å². The van der Waals surface area contributed by atoms with Gasteiger partial charge in [-0.05, 0) is 37.3 Å². The number of anilines is 1. The van der Waals surface area contributed by atoms with Crippen molar-refractivity contribution in [1.82, 2.24) is 0 Å². The fraction of sp³-hybridized carbons (Fsp3) is 0.167. The molecule has 0 radical (unpaired) electrons. The van der Waals surface area contributed by atoms with Gasteiger partial charge >= 0.3 is 0 Å². The summed E-state index contributed by atoms with van der Waals surface area (Å²) in [6.07, 6.45) is 1.55. The Morgan fingerprint density at radius 2 is 1.85 bits per heavy atom. The number of carbonyl (C=O) groups excluding carboxylic acids is 1. The number of carbonyl (C=O) groups is 1. The molecule has 0 N–H and O–H groups in total. The standard InChI is InChI=1S/C18H14Cl3N3O2/c1-10-13(9-22-11-3-5-14(19)16(21)7-11)18(25)24(23-10)12-4-6-15(20)17(8-12)26-2/h3-9,13H,1-2H3. The molecule has 1 heterocycles. The Bertz CT molecular complexity index is 928. The molecule has 2 aromatic rings. The van der Waals surface area contributed by atoms with Gasteiger partial charge in [-0.15, -0.1) is 0 Å². The summed E-state index contributed by atoms with van der Waals surface area (Å²) in [6, 6.07) is 10.0. The van der Waals surface area contributed by atoms with Crippen LogP contribution in [0.2, 0.25) is 15.1 Å². The number of hydrazone groups is 1. The van der Waals surface area contributed by atoms with Gasteiger partial charge in [-0.2, -0.15) is 10.1 Å². The van der Waals surface area contributed by atoms with Gasteiger partial charge in [0.15, 0.2) is 0 Å². The molecule has 0 aromatic heterocycles. The molecule has 1 aliphatic heterocycles. The van der Waals surface area contributed by atoms with Gasteiger partial charge in [0.25, 0.3) is 5.91 Å². The first-order valence-electron chi connectivity index (χ1n) is 7.62. The molecular formula is C18H14Cl3N3O2. The Kier molecular flexibility index (Phi) is 5.51. The van der Waals surface area contributed by atoms with Crippen LogP contribution in [0.4, 0.5) is 11.4 Å². The largest absolute Gasteiger partial charge is 0.495 e. The van der Waals surface area contributed by atoms with Gasteiger partial charge in [-0.1, -0.05) is 34.8 Å². The lowest BCUT2D eigenvalue weighted by Gasteiger charge is -2.14. The third-order valence-corrected chi connectivity index (χ3v) is 4.89. The van der Waals surface area contributed by atoms with E-state index in [1.165, 1.54) is 12.1 Å². The van der Waals surface area contributed by atoms with Crippen LogP contribution >= 0.6 is 34.8 Å². The Balaban J connectivity index is 1.83. The van der Waals surface area contributed by atoms with Crippen LogP contribution < -0.4 is 9.75 Å². The van der Waals surface area contributed by atoms with Crippen molar-refractivity contribution >= 4 is 64.0 Å². The summed E-state index contributed by atoms with van der Waals surface area (Å²) in [6.45, 7) is 1.77. The molecule has 8 heteroatoms. The number of hydrogen-bond acceptors (Lipinski definition) is 4. The van der Waals surface area contributed by atoms with Crippen LogP contribution in [-0.4, -0.2) is 24.9 Å². The van der Waals surface area contributed by atoms with E-state index in [0.717, 1.165) is 0 Å². The fourth-order valence-corrected chi connectivity index (χ4v) is 2.93. The number of nitrogens with zero attached hydrogens (tertiary/aromatic N) is 3. The van der Waals surface area contributed by atoms with Crippen LogP contribution in [0.1, 0.15) is 6.92 Å². The van der Waals surface area contributed by atoms with Crippen molar-refractivity contribution in [3.05, 3.63) is 51.5 Å². The predicted molar refractivity (Wildman–Crippen MR) is 107 cm³/mol. The van der Waals surface area contributed by atoms with E-state index >= 15 is 0 Å². The Morgan fingerprint density at radius 3 is 2.54 bits per heavy atom. The topological polar surface area (TPSA) is 54.3 Å². The van der Waals surface area contributed by atoms with Crippen molar-refractivity contribution in [1.29, 1.82) is 0 Å². The SMILES string of the molecule is COc1cc(N2N=C(C)C(C=Nc3ccc(Cl)c(Cl)c3)C2=O)ccc1Cl. The van der Waals surface area contributed by atoms with Crippen LogP contribution in [0.25, 0.3) is 0 Å². The third-order valence-electron chi connectivity index (χ3n) is 3.84. The number of aliphatic imine (C=N–C) groups is 1. The molecule has 26 heavy (non-hydrogen) atoms. The van der Waals surface area contributed by atoms with E-state index < -0.39 is 5.92 Å². The molecule has 3 rings (SSSR count). The maximum Gasteiger partial charge on any atom is 0.261 e. The lowest BCUT2D eigenvalue weighted by Crippen LogP contribution is -2.27. The Hall–Kier alpha value is -2.08. The summed E-state index contributed by atoms with van der Waals surface area (Å²) >= 11 is 17.9. The van der Waals surface area contributed by atoms with E-state index in [9.17, 15) is 4.79 Å². The molecule has 0 saturated heterocycles. The quantitative estimate of drug-likeness (QED) is 0.634. The fourth-order valence-electron chi connectivity index (χ4n) is 2.44. The van der Waals surface area contributed by atoms with Crippen molar-refractivity contribution < 1.29 is 9.53 Å². The minimum atomic E-state index is -0.564. The summed E-state index contributed by atoms with van der Waals surface area (Å²) in [4.78, 5) is 17.1. The summed E-state index contributed by atoms with van der Waals surface area (Å²) in [7, 11) is 1.51. The molecule has 1 unspecified atom stereocenters. The number of halogens is 3. The molecule has 0 spiro atoms. The van der Waals surface area contributed by atoms with Crippen molar-refractivity contribution in [2.75, 3.05) is 12.1 Å². The van der Waals surface area contributed by atoms with E-state index in [-0.39, 0.29) is 5.91 Å². The smallest absolute Gasteiger partial charge is 0.261 e. The van der Waals surface area contributed by atoms with Crippen LogP contribution in [-0.2, 0) is 4.79 Å². The highest BCUT2D eigenvalue weighted by molar-refractivity contribution is 6.42. The second kappa shape index (κ2) is 7.66. The van der Waals surface area contributed by atoms with Crippen molar-refractivity contribution in [2.24, 2.45) is 16.0 Å². The monoisotopic (exact) mass is 409 g/mol. The normalized spacial score (nSPS) is 17.1. The lowest BCUT2D eigenvalue weighted by atomic mass is 10.1. The van der Waals surface area contributed by atoms with E-state index in [4.69, 9.17) is 39.5 Å². The number of ether oxygens (including phenoxy) is 1. The van der Waals surface area contributed by atoms with Gasteiger partial charge in [0.1, 0.15) is 11.7 Å². The molecule has 134 valence electrons. The van der Waals surface area contributed by atoms with E-state index in [2.05, 4.69) is 10.1 Å². The third kappa shape index (κ3) is 3.70. The molecule has 5 nitrogen and oxygen atoms in total. The first kappa shape index (κ1) is 18.7. The van der Waals surface area contributed by atoms with E-state index in [1.807, 2.05) is 0 Å². The zero-order chi connectivity index (χ0) is 18.8. The van der Waals surface area contributed by atoms with Crippen LogP contribution in [0.3, 0.4) is 0 Å². The minimum absolute atomic E-state index is 0.212. The van der Waals surface area contributed by atoms with Crippen LogP contribution in [0.5, 0.6) is 5.75 Å². The van der Waals surface area contributed by atoms with Crippen molar-refractivity contribution in [3.63, 3.8) is 0 Å². The summed E-state index contributed by atoms with van der Waals surface area (Å²) < 4.78 is 5.19. The molecule has 1 aliphatic rings. The van der Waals surface area contributed by atoms with Crippen LogP contribution in [0, 0.1) is 5.92 Å². The molecule has 0 fully saturated rings. The molecule has 1 amide bonds.